The molecule has 2 rings (SSSR count). The molecular weight excluding hydrogens is 200 g/mol. The van der Waals surface area contributed by atoms with Gasteiger partial charge in [0.15, 0.2) is 0 Å². The molecule has 1 saturated heterocycles. The van der Waals surface area contributed by atoms with Gasteiger partial charge in [-0.15, -0.1) is 0 Å². The highest BCUT2D eigenvalue weighted by Gasteiger charge is 2.20. The first kappa shape index (κ1) is 11.1. The van der Waals surface area contributed by atoms with Gasteiger partial charge in [0.25, 0.3) is 0 Å². The lowest BCUT2D eigenvalue weighted by atomic mass is 9.97. The maximum Gasteiger partial charge on any atom is 0.209 e. The third kappa shape index (κ3) is 2.81. The highest BCUT2D eigenvalue weighted by molar-refractivity contribution is 5.47. The standard InChI is InChI=1S/C13H18N2O/c16-11-15-9-2-1-5-13(15)7-6-12-4-3-8-14-10-12/h3-4,8,10-11,13H,1-2,5-7,9H2. The molecule has 1 fully saturated rings. The van der Waals surface area contributed by atoms with E-state index in [1.54, 1.807) is 6.20 Å². The number of likely N-dealkylation sites (tertiary alicyclic amines) is 1. The number of pyridine rings is 1. The molecule has 1 aliphatic rings. The summed E-state index contributed by atoms with van der Waals surface area (Å²) in [4.78, 5) is 17.0. The number of nitrogens with zero attached hydrogens (tertiary/aromatic N) is 2. The number of hydrogen-bond acceptors (Lipinski definition) is 2. The maximum absolute atomic E-state index is 10.9. The van der Waals surface area contributed by atoms with E-state index >= 15 is 0 Å². The van der Waals surface area contributed by atoms with Gasteiger partial charge in [-0.05, 0) is 43.7 Å². The second-order valence-corrected chi connectivity index (χ2v) is 4.39. The Kier molecular flexibility index (Phi) is 3.91. The molecule has 0 N–H and O–H groups in total. The average molecular weight is 218 g/mol. The molecule has 1 unspecified atom stereocenters. The SMILES string of the molecule is O=CN1CCCCC1CCc1cccnc1. The second-order valence-electron chi connectivity index (χ2n) is 4.39. The maximum atomic E-state index is 10.9. The molecule has 0 spiro atoms. The van der Waals surface area contributed by atoms with E-state index in [1.165, 1.54) is 12.0 Å². The molecule has 0 aliphatic carbocycles. The van der Waals surface area contributed by atoms with Crippen LogP contribution in [0, 0.1) is 0 Å². The Hall–Kier alpha value is -1.38. The number of carbonyl (C=O) groups excluding carboxylic acids is 1. The van der Waals surface area contributed by atoms with Crippen LogP contribution in [0.5, 0.6) is 0 Å². The van der Waals surface area contributed by atoms with E-state index < -0.39 is 0 Å². The number of hydrogen-bond donors (Lipinski definition) is 0. The Morgan fingerprint density at radius 2 is 2.44 bits per heavy atom. The Bertz CT molecular complexity index is 326. The van der Waals surface area contributed by atoms with Crippen molar-refractivity contribution in [2.24, 2.45) is 0 Å². The van der Waals surface area contributed by atoms with Crippen LogP contribution in [-0.4, -0.2) is 28.9 Å². The summed E-state index contributed by atoms with van der Waals surface area (Å²) in [7, 11) is 0. The van der Waals surface area contributed by atoms with Gasteiger partial charge in [0.05, 0.1) is 0 Å². The largest absolute Gasteiger partial charge is 0.342 e. The van der Waals surface area contributed by atoms with Gasteiger partial charge < -0.3 is 4.90 Å². The van der Waals surface area contributed by atoms with Gasteiger partial charge in [-0.2, -0.15) is 0 Å². The van der Waals surface area contributed by atoms with Crippen LogP contribution in [0.3, 0.4) is 0 Å². The molecule has 0 saturated carbocycles. The Balaban J connectivity index is 1.86. The van der Waals surface area contributed by atoms with Crippen LogP contribution in [0.1, 0.15) is 31.2 Å². The van der Waals surface area contributed by atoms with E-state index in [2.05, 4.69) is 11.1 Å². The zero-order chi connectivity index (χ0) is 11.2. The number of piperidine rings is 1. The number of aryl methyl sites for hydroxylation is 1. The first-order valence-electron chi connectivity index (χ1n) is 6.00. The van der Waals surface area contributed by atoms with Crippen molar-refractivity contribution in [3.8, 4) is 0 Å². The molecule has 0 aromatic carbocycles. The van der Waals surface area contributed by atoms with E-state index in [4.69, 9.17) is 0 Å². The summed E-state index contributed by atoms with van der Waals surface area (Å²) in [5, 5.41) is 0. The molecule has 2 heterocycles. The summed E-state index contributed by atoms with van der Waals surface area (Å²) in [5.74, 6) is 0. The number of aromatic nitrogens is 1. The van der Waals surface area contributed by atoms with Crippen LogP contribution in [-0.2, 0) is 11.2 Å². The molecule has 3 nitrogen and oxygen atoms in total. The van der Waals surface area contributed by atoms with Crippen LogP contribution in [0.15, 0.2) is 24.5 Å². The summed E-state index contributed by atoms with van der Waals surface area (Å²) in [5.41, 5.74) is 1.26. The van der Waals surface area contributed by atoms with E-state index in [9.17, 15) is 4.79 Å². The molecular formula is C13H18N2O. The number of amides is 1. The topological polar surface area (TPSA) is 33.2 Å². The normalized spacial score (nSPS) is 20.8. The number of rotatable bonds is 4. The predicted molar refractivity (Wildman–Crippen MR) is 63.0 cm³/mol. The zero-order valence-corrected chi connectivity index (χ0v) is 9.51. The highest BCUT2D eigenvalue weighted by Crippen LogP contribution is 2.19. The molecule has 1 atom stereocenters. The summed E-state index contributed by atoms with van der Waals surface area (Å²) < 4.78 is 0. The average Bonchev–Trinajstić information content (AvgIpc) is 2.38. The lowest BCUT2D eigenvalue weighted by Crippen LogP contribution is -2.38. The minimum Gasteiger partial charge on any atom is -0.342 e. The van der Waals surface area contributed by atoms with Crippen molar-refractivity contribution in [3.63, 3.8) is 0 Å². The Morgan fingerprint density at radius 3 is 3.19 bits per heavy atom. The van der Waals surface area contributed by atoms with Gasteiger partial charge in [-0.25, -0.2) is 0 Å². The minimum atomic E-state index is 0.437. The van der Waals surface area contributed by atoms with Crippen LogP contribution in [0.25, 0.3) is 0 Å². The van der Waals surface area contributed by atoms with Crippen LogP contribution < -0.4 is 0 Å². The van der Waals surface area contributed by atoms with E-state index in [1.807, 2.05) is 17.2 Å². The molecule has 1 aromatic heterocycles. The van der Waals surface area contributed by atoms with Crippen molar-refractivity contribution < 1.29 is 4.79 Å². The van der Waals surface area contributed by atoms with Crippen LogP contribution in [0.4, 0.5) is 0 Å². The van der Waals surface area contributed by atoms with E-state index in [-0.39, 0.29) is 0 Å². The lowest BCUT2D eigenvalue weighted by Gasteiger charge is -2.32. The molecule has 1 aromatic rings. The van der Waals surface area contributed by atoms with Crippen molar-refractivity contribution in [1.82, 2.24) is 9.88 Å². The summed E-state index contributed by atoms with van der Waals surface area (Å²) in [6, 6.07) is 4.50. The summed E-state index contributed by atoms with van der Waals surface area (Å²) in [6.45, 7) is 0.932. The van der Waals surface area contributed by atoms with Crippen molar-refractivity contribution >= 4 is 6.41 Å². The molecule has 3 heteroatoms. The Labute approximate surface area is 96.5 Å². The molecule has 0 bridgehead atoms. The third-order valence-corrected chi connectivity index (χ3v) is 3.30. The monoisotopic (exact) mass is 218 g/mol. The molecule has 86 valence electrons. The quantitative estimate of drug-likeness (QED) is 0.724. The molecule has 1 amide bonds. The molecule has 0 radical (unpaired) electrons. The minimum absolute atomic E-state index is 0.437. The van der Waals surface area contributed by atoms with Gasteiger partial charge in [0.2, 0.25) is 6.41 Å². The lowest BCUT2D eigenvalue weighted by molar-refractivity contribution is -0.121. The molecule has 1 aliphatic heterocycles. The van der Waals surface area contributed by atoms with E-state index in [0.717, 1.165) is 38.6 Å². The van der Waals surface area contributed by atoms with Gasteiger partial charge in [0, 0.05) is 25.0 Å². The highest BCUT2D eigenvalue weighted by atomic mass is 16.1. The summed E-state index contributed by atoms with van der Waals surface area (Å²) >= 11 is 0. The fraction of sp³-hybridized carbons (Fsp3) is 0.538. The van der Waals surface area contributed by atoms with Gasteiger partial charge in [-0.1, -0.05) is 6.07 Å². The fourth-order valence-corrected chi connectivity index (χ4v) is 2.35. The first-order chi connectivity index (χ1) is 7.90. The van der Waals surface area contributed by atoms with Crippen LogP contribution in [0.2, 0.25) is 0 Å². The third-order valence-electron chi connectivity index (χ3n) is 3.30. The van der Waals surface area contributed by atoms with Gasteiger partial charge in [-0.3, -0.25) is 9.78 Å². The van der Waals surface area contributed by atoms with Crippen molar-refractivity contribution in [2.45, 2.75) is 38.1 Å². The van der Waals surface area contributed by atoms with Crippen LogP contribution >= 0.6 is 0 Å². The fourth-order valence-electron chi connectivity index (χ4n) is 2.35. The Morgan fingerprint density at radius 1 is 1.50 bits per heavy atom. The van der Waals surface area contributed by atoms with Crippen molar-refractivity contribution in [3.05, 3.63) is 30.1 Å². The number of carbonyl (C=O) groups is 1. The zero-order valence-electron chi connectivity index (χ0n) is 9.51. The smallest absolute Gasteiger partial charge is 0.209 e. The van der Waals surface area contributed by atoms with Crippen molar-refractivity contribution in [2.75, 3.05) is 6.54 Å². The van der Waals surface area contributed by atoms with Crippen molar-refractivity contribution in [1.29, 1.82) is 0 Å². The van der Waals surface area contributed by atoms with E-state index in [0.29, 0.717) is 6.04 Å². The molecule has 16 heavy (non-hydrogen) atoms. The van der Waals surface area contributed by atoms with Gasteiger partial charge in [0.1, 0.15) is 0 Å². The van der Waals surface area contributed by atoms with Gasteiger partial charge >= 0.3 is 0 Å². The first-order valence-corrected chi connectivity index (χ1v) is 6.00. The summed E-state index contributed by atoms with van der Waals surface area (Å²) in [6.07, 6.45) is 10.3. The second kappa shape index (κ2) is 5.64. The predicted octanol–water partition coefficient (Wildman–Crippen LogP) is 2.03.